The Bertz CT molecular complexity index is 966. The number of fused-ring (bicyclic) bond motifs is 1. The molecule has 0 radical (unpaired) electrons. The second-order valence-corrected chi connectivity index (χ2v) is 6.99. The van der Waals surface area contributed by atoms with Crippen LogP contribution in [-0.2, 0) is 4.79 Å². The number of hydrogen-bond acceptors (Lipinski definition) is 4. The molecule has 0 bridgehead atoms. The molecular weight excluding hydrogens is 338 g/mol. The van der Waals surface area contributed by atoms with Crippen LogP contribution < -0.4 is 5.32 Å². The quantitative estimate of drug-likeness (QED) is 0.538. The van der Waals surface area contributed by atoms with Crippen molar-refractivity contribution in [3.05, 3.63) is 70.5 Å². The molecule has 0 atom stereocenters. The van der Waals surface area contributed by atoms with Crippen molar-refractivity contribution in [1.29, 1.82) is 0 Å². The average molecular weight is 351 g/mol. The number of imidazole rings is 1. The molecule has 0 aliphatic rings. The van der Waals surface area contributed by atoms with Gasteiger partial charge in [0.05, 0.1) is 5.69 Å². The van der Waals surface area contributed by atoms with Gasteiger partial charge >= 0.3 is 0 Å². The second kappa shape index (κ2) is 6.43. The van der Waals surface area contributed by atoms with Crippen LogP contribution in [0.1, 0.15) is 4.88 Å². The maximum Gasteiger partial charge on any atom is 0.248 e. The number of nitrogens with one attached hydrogen (secondary N) is 1. The van der Waals surface area contributed by atoms with Crippen LogP contribution in [0.15, 0.2) is 65.6 Å². The maximum atomic E-state index is 11.9. The summed E-state index contributed by atoms with van der Waals surface area (Å²) in [7, 11) is 0. The molecule has 4 rings (SSSR count). The van der Waals surface area contributed by atoms with Crippen LogP contribution in [0.4, 0.5) is 5.69 Å². The SMILES string of the molecule is O=C(/C=C/c1cccs1)Nc1ccc(-c2cn3ccsc3n2)cc1. The Kier molecular flexibility index (Phi) is 3.98. The molecule has 4 aromatic rings. The lowest BCUT2D eigenvalue weighted by molar-refractivity contribution is -0.111. The maximum absolute atomic E-state index is 11.9. The molecular formula is C18H13N3OS2. The molecule has 0 aliphatic heterocycles. The van der Waals surface area contributed by atoms with Crippen LogP contribution in [0.25, 0.3) is 22.3 Å². The number of benzene rings is 1. The summed E-state index contributed by atoms with van der Waals surface area (Å²) in [6.45, 7) is 0. The van der Waals surface area contributed by atoms with E-state index in [4.69, 9.17) is 0 Å². The van der Waals surface area contributed by atoms with E-state index in [-0.39, 0.29) is 5.91 Å². The number of anilines is 1. The van der Waals surface area contributed by atoms with Crippen molar-refractivity contribution in [3.63, 3.8) is 0 Å². The first-order valence-electron chi connectivity index (χ1n) is 7.33. The fourth-order valence-corrected chi connectivity index (χ4v) is 3.64. The number of carbonyl (C=O) groups excluding carboxylic acids is 1. The van der Waals surface area contributed by atoms with E-state index < -0.39 is 0 Å². The standard InChI is InChI=1S/C18H13N3OS2/c22-17(8-7-15-2-1-10-23-15)19-14-5-3-13(4-6-14)16-12-21-9-11-24-18(21)20-16/h1-12H,(H,19,22)/b8-7+. The molecule has 1 aromatic carbocycles. The van der Waals surface area contributed by atoms with Gasteiger partial charge in [0.25, 0.3) is 0 Å². The van der Waals surface area contributed by atoms with Crippen molar-refractivity contribution in [2.75, 3.05) is 5.32 Å². The molecule has 0 aliphatic carbocycles. The van der Waals surface area contributed by atoms with E-state index in [9.17, 15) is 4.79 Å². The van der Waals surface area contributed by atoms with E-state index >= 15 is 0 Å². The third-order valence-electron chi connectivity index (χ3n) is 3.48. The summed E-state index contributed by atoms with van der Waals surface area (Å²) < 4.78 is 2.01. The minimum Gasteiger partial charge on any atom is -0.323 e. The lowest BCUT2D eigenvalue weighted by Crippen LogP contribution is -2.07. The van der Waals surface area contributed by atoms with Gasteiger partial charge in [0.1, 0.15) is 0 Å². The monoisotopic (exact) mass is 351 g/mol. The van der Waals surface area contributed by atoms with Gasteiger partial charge in [-0.15, -0.1) is 22.7 Å². The molecule has 118 valence electrons. The zero-order chi connectivity index (χ0) is 16.4. The van der Waals surface area contributed by atoms with E-state index in [0.29, 0.717) is 0 Å². The Morgan fingerprint density at radius 1 is 1.12 bits per heavy atom. The number of rotatable bonds is 4. The van der Waals surface area contributed by atoms with Gasteiger partial charge < -0.3 is 5.32 Å². The number of carbonyl (C=O) groups is 1. The summed E-state index contributed by atoms with van der Waals surface area (Å²) in [4.78, 5) is 18.5. The molecule has 0 saturated carbocycles. The van der Waals surface area contributed by atoms with Gasteiger partial charge in [-0.1, -0.05) is 18.2 Å². The van der Waals surface area contributed by atoms with Crippen LogP contribution >= 0.6 is 22.7 Å². The van der Waals surface area contributed by atoms with Crippen molar-refractivity contribution >= 4 is 45.3 Å². The summed E-state index contributed by atoms with van der Waals surface area (Å²) in [6.07, 6.45) is 7.35. The number of amides is 1. The molecule has 1 amide bonds. The molecule has 4 nitrogen and oxygen atoms in total. The van der Waals surface area contributed by atoms with Gasteiger partial charge in [-0.25, -0.2) is 4.98 Å². The van der Waals surface area contributed by atoms with Crippen LogP contribution in [0, 0.1) is 0 Å². The fourth-order valence-electron chi connectivity index (χ4n) is 2.32. The molecule has 1 N–H and O–H groups in total. The Hall–Kier alpha value is -2.70. The van der Waals surface area contributed by atoms with E-state index in [1.165, 1.54) is 0 Å². The van der Waals surface area contributed by atoms with E-state index in [0.717, 1.165) is 26.8 Å². The summed E-state index contributed by atoms with van der Waals surface area (Å²) in [6, 6.07) is 11.6. The largest absolute Gasteiger partial charge is 0.323 e. The molecule has 0 fully saturated rings. The third kappa shape index (κ3) is 3.15. The average Bonchev–Trinajstić information content (AvgIpc) is 3.30. The minimum absolute atomic E-state index is 0.140. The van der Waals surface area contributed by atoms with Gasteiger partial charge in [-0.3, -0.25) is 9.20 Å². The van der Waals surface area contributed by atoms with Crippen molar-refractivity contribution in [3.8, 4) is 11.3 Å². The number of nitrogens with zero attached hydrogens (tertiary/aromatic N) is 2. The van der Waals surface area contributed by atoms with Gasteiger partial charge in [0, 0.05) is 40.0 Å². The first-order valence-corrected chi connectivity index (χ1v) is 9.09. The van der Waals surface area contributed by atoms with Crippen molar-refractivity contribution in [2.24, 2.45) is 0 Å². The molecule has 24 heavy (non-hydrogen) atoms. The Morgan fingerprint density at radius 2 is 2.00 bits per heavy atom. The molecule has 6 heteroatoms. The Balaban J connectivity index is 1.45. The van der Waals surface area contributed by atoms with E-state index in [2.05, 4.69) is 10.3 Å². The van der Waals surface area contributed by atoms with Crippen molar-refractivity contribution in [2.45, 2.75) is 0 Å². The number of aromatic nitrogens is 2. The van der Waals surface area contributed by atoms with Crippen LogP contribution in [0.2, 0.25) is 0 Å². The van der Waals surface area contributed by atoms with Crippen LogP contribution in [-0.4, -0.2) is 15.3 Å². The fraction of sp³-hybridized carbons (Fsp3) is 0. The van der Waals surface area contributed by atoms with Crippen molar-refractivity contribution in [1.82, 2.24) is 9.38 Å². The van der Waals surface area contributed by atoms with Gasteiger partial charge in [-0.2, -0.15) is 0 Å². The second-order valence-electron chi connectivity index (χ2n) is 5.13. The zero-order valence-electron chi connectivity index (χ0n) is 12.5. The highest BCUT2D eigenvalue weighted by Crippen LogP contribution is 2.23. The van der Waals surface area contributed by atoms with Gasteiger partial charge in [-0.05, 0) is 29.7 Å². The van der Waals surface area contributed by atoms with Gasteiger partial charge in [0.15, 0.2) is 4.96 Å². The smallest absolute Gasteiger partial charge is 0.248 e. The highest BCUT2D eigenvalue weighted by molar-refractivity contribution is 7.15. The number of thiazole rings is 1. The minimum atomic E-state index is -0.140. The Labute approximate surface area is 146 Å². The summed E-state index contributed by atoms with van der Waals surface area (Å²) in [5, 5.41) is 6.85. The normalized spacial score (nSPS) is 11.3. The summed E-state index contributed by atoms with van der Waals surface area (Å²) >= 11 is 3.20. The van der Waals surface area contributed by atoms with E-state index in [1.807, 2.05) is 70.0 Å². The van der Waals surface area contributed by atoms with Crippen molar-refractivity contribution < 1.29 is 4.79 Å². The first kappa shape index (κ1) is 14.9. The lowest BCUT2D eigenvalue weighted by atomic mass is 10.1. The molecule has 3 heterocycles. The highest BCUT2D eigenvalue weighted by Gasteiger charge is 2.05. The topological polar surface area (TPSA) is 46.4 Å². The number of thiophene rings is 1. The molecule has 0 saturated heterocycles. The van der Waals surface area contributed by atoms with E-state index in [1.54, 1.807) is 28.7 Å². The Morgan fingerprint density at radius 3 is 2.75 bits per heavy atom. The predicted molar refractivity (Wildman–Crippen MR) is 100 cm³/mol. The van der Waals surface area contributed by atoms with Crippen LogP contribution in [0.5, 0.6) is 0 Å². The third-order valence-corrected chi connectivity index (χ3v) is 5.09. The summed E-state index contributed by atoms with van der Waals surface area (Å²) in [5.41, 5.74) is 2.72. The lowest BCUT2D eigenvalue weighted by Gasteiger charge is -2.03. The van der Waals surface area contributed by atoms with Crippen LogP contribution in [0.3, 0.4) is 0 Å². The van der Waals surface area contributed by atoms with Gasteiger partial charge in [0.2, 0.25) is 5.91 Å². The molecule has 0 unspecified atom stereocenters. The number of hydrogen-bond donors (Lipinski definition) is 1. The zero-order valence-corrected chi connectivity index (χ0v) is 14.2. The first-order chi connectivity index (χ1) is 11.8. The predicted octanol–water partition coefficient (Wildman–Crippen LogP) is 4.78. The summed E-state index contributed by atoms with van der Waals surface area (Å²) in [5.74, 6) is -0.140. The molecule has 3 aromatic heterocycles. The molecule has 0 spiro atoms. The highest BCUT2D eigenvalue weighted by atomic mass is 32.1.